The second-order valence-corrected chi connectivity index (χ2v) is 5.76. The maximum atomic E-state index is 5.64. The first kappa shape index (κ1) is 13.6. The van der Waals surface area contributed by atoms with E-state index in [1.54, 1.807) is 6.20 Å². The number of piperazine rings is 1. The van der Waals surface area contributed by atoms with E-state index in [1.165, 1.54) is 6.42 Å². The van der Waals surface area contributed by atoms with Gasteiger partial charge in [-0.25, -0.2) is 4.98 Å². The zero-order valence-corrected chi connectivity index (χ0v) is 11.9. The van der Waals surface area contributed by atoms with E-state index < -0.39 is 0 Å². The van der Waals surface area contributed by atoms with E-state index in [-0.39, 0.29) is 6.04 Å². The first-order valence-corrected chi connectivity index (χ1v) is 6.96. The standard InChI is InChI=1S/C14H25N3O/c1-10(2)7-13-9-17(6-5-15-13)12(4)14-16-8-11(3)18-14/h8,10,12-13,15H,5-7,9H2,1-4H3. The second kappa shape index (κ2) is 5.85. The normalized spacial score (nSPS) is 23.5. The number of nitrogens with one attached hydrogen (secondary N) is 1. The van der Waals surface area contributed by atoms with Crippen molar-refractivity contribution in [1.29, 1.82) is 0 Å². The van der Waals surface area contributed by atoms with Gasteiger partial charge < -0.3 is 9.73 Å². The largest absolute Gasteiger partial charge is 0.444 e. The molecule has 18 heavy (non-hydrogen) atoms. The molecule has 1 aliphatic heterocycles. The number of hydrogen-bond acceptors (Lipinski definition) is 4. The third-order valence-corrected chi connectivity index (χ3v) is 3.59. The molecule has 2 rings (SSSR count). The van der Waals surface area contributed by atoms with Crippen LogP contribution in [0.1, 0.15) is 44.9 Å². The van der Waals surface area contributed by atoms with Crippen LogP contribution in [0, 0.1) is 12.8 Å². The lowest BCUT2D eigenvalue weighted by molar-refractivity contribution is 0.126. The SMILES string of the molecule is Cc1cnc(C(C)N2CCNC(CC(C)C)C2)o1. The quantitative estimate of drug-likeness (QED) is 0.892. The predicted octanol–water partition coefficient (Wildman–Crippen LogP) is 2.36. The number of rotatable bonds is 4. The van der Waals surface area contributed by atoms with Crippen LogP contribution in [0.5, 0.6) is 0 Å². The van der Waals surface area contributed by atoms with Crippen LogP contribution in [-0.2, 0) is 0 Å². The summed E-state index contributed by atoms with van der Waals surface area (Å²) < 4.78 is 5.64. The van der Waals surface area contributed by atoms with Crippen molar-refractivity contribution in [1.82, 2.24) is 15.2 Å². The van der Waals surface area contributed by atoms with Crippen molar-refractivity contribution in [2.24, 2.45) is 5.92 Å². The zero-order valence-electron chi connectivity index (χ0n) is 11.9. The van der Waals surface area contributed by atoms with Crippen LogP contribution in [0.15, 0.2) is 10.6 Å². The zero-order chi connectivity index (χ0) is 13.1. The van der Waals surface area contributed by atoms with Gasteiger partial charge in [0.05, 0.1) is 12.2 Å². The Morgan fingerprint density at radius 1 is 1.50 bits per heavy atom. The molecule has 1 N–H and O–H groups in total. The highest BCUT2D eigenvalue weighted by Gasteiger charge is 2.26. The molecule has 1 aromatic heterocycles. The van der Waals surface area contributed by atoms with Crippen LogP contribution in [-0.4, -0.2) is 35.6 Å². The Morgan fingerprint density at radius 2 is 2.28 bits per heavy atom. The van der Waals surface area contributed by atoms with Crippen LogP contribution in [0.2, 0.25) is 0 Å². The molecule has 1 saturated heterocycles. The topological polar surface area (TPSA) is 41.3 Å². The molecule has 0 bridgehead atoms. The molecule has 0 spiro atoms. The molecule has 2 unspecified atom stereocenters. The number of aryl methyl sites for hydroxylation is 1. The summed E-state index contributed by atoms with van der Waals surface area (Å²) in [6.45, 7) is 11.9. The smallest absolute Gasteiger partial charge is 0.211 e. The molecule has 4 nitrogen and oxygen atoms in total. The third-order valence-electron chi connectivity index (χ3n) is 3.59. The molecule has 2 atom stereocenters. The molecule has 0 aliphatic carbocycles. The van der Waals surface area contributed by atoms with E-state index in [4.69, 9.17) is 4.42 Å². The maximum Gasteiger partial charge on any atom is 0.211 e. The maximum absolute atomic E-state index is 5.64. The van der Waals surface area contributed by atoms with Crippen molar-refractivity contribution in [2.75, 3.05) is 19.6 Å². The Bertz CT molecular complexity index is 375. The average molecular weight is 251 g/mol. The highest BCUT2D eigenvalue weighted by atomic mass is 16.4. The van der Waals surface area contributed by atoms with Crippen LogP contribution in [0.25, 0.3) is 0 Å². The lowest BCUT2D eigenvalue weighted by Gasteiger charge is -2.37. The first-order valence-electron chi connectivity index (χ1n) is 6.96. The Morgan fingerprint density at radius 3 is 2.89 bits per heavy atom. The number of oxazole rings is 1. The summed E-state index contributed by atoms with van der Waals surface area (Å²) in [5.74, 6) is 2.48. The van der Waals surface area contributed by atoms with Gasteiger partial charge in [0.25, 0.3) is 0 Å². The molecule has 0 saturated carbocycles. The number of hydrogen-bond donors (Lipinski definition) is 1. The fourth-order valence-corrected chi connectivity index (χ4v) is 2.65. The van der Waals surface area contributed by atoms with Gasteiger partial charge >= 0.3 is 0 Å². The van der Waals surface area contributed by atoms with Crippen molar-refractivity contribution in [3.05, 3.63) is 17.8 Å². The summed E-state index contributed by atoms with van der Waals surface area (Å²) in [4.78, 5) is 6.82. The number of aromatic nitrogens is 1. The Kier molecular flexibility index (Phi) is 4.40. The molecular formula is C14H25N3O. The van der Waals surface area contributed by atoms with Gasteiger partial charge in [0.1, 0.15) is 5.76 Å². The molecule has 0 amide bonds. The lowest BCUT2D eigenvalue weighted by Crippen LogP contribution is -2.51. The van der Waals surface area contributed by atoms with Gasteiger partial charge in [-0.05, 0) is 26.2 Å². The first-order chi connectivity index (χ1) is 8.56. The minimum atomic E-state index is 0.274. The van der Waals surface area contributed by atoms with Crippen molar-refractivity contribution in [2.45, 2.75) is 46.2 Å². The van der Waals surface area contributed by atoms with Crippen molar-refractivity contribution in [3.8, 4) is 0 Å². The van der Waals surface area contributed by atoms with Crippen LogP contribution in [0.3, 0.4) is 0 Å². The highest BCUT2D eigenvalue weighted by Crippen LogP contribution is 2.22. The van der Waals surface area contributed by atoms with Gasteiger partial charge in [0, 0.05) is 25.7 Å². The van der Waals surface area contributed by atoms with Gasteiger partial charge in [-0.15, -0.1) is 0 Å². The molecule has 102 valence electrons. The van der Waals surface area contributed by atoms with Crippen molar-refractivity contribution in [3.63, 3.8) is 0 Å². The van der Waals surface area contributed by atoms with E-state index in [9.17, 15) is 0 Å². The van der Waals surface area contributed by atoms with Gasteiger partial charge in [0.2, 0.25) is 5.89 Å². The molecule has 0 radical (unpaired) electrons. The monoisotopic (exact) mass is 251 g/mol. The van der Waals surface area contributed by atoms with E-state index in [2.05, 4.69) is 36.0 Å². The van der Waals surface area contributed by atoms with Gasteiger partial charge in [-0.3, -0.25) is 4.90 Å². The van der Waals surface area contributed by atoms with Crippen molar-refractivity contribution < 1.29 is 4.42 Å². The van der Waals surface area contributed by atoms with Crippen LogP contribution >= 0.6 is 0 Å². The molecule has 4 heteroatoms. The van der Waals surface area contributed by atoms with E-state index in [0.717, 1.165) is 37.2 Å². The van der Waals surface area contributed by atoms with Crippen LogP contribution in [0.4, 0.5) is 0 Å². The molecule has 1 fully saturated rings. The van der Waals surface area contributed by atoms with Crippen LogP contribution < -0.4 is 5.32 Å². The number of nitrogens with zero attached hydrogens (tertiary/aromatic N) is 2. The van der Waals surface area contributed by atoms with Crippen molar-refractivity contribution >= 4 is 0 Å². The fraction of sp³-hybridized carbons (Fsp3) is 0.786. The molecule has 1 aliphatic rings. The highest BCUT2D eigenvalue weighted by molar-refractivity contribution is 4.97. The summed E-state index contributed by atoms with van der Waals surface area (Å²) in [5, 5.41) is 3.60. The summed E-state index contributed by atoms with van der Waals surface area (Å²) in [6.07, 6.45) is 3.04. The average Bonchev–Trinajstić information content (AvgIpc) is 2.74. The van der Waals surface area contributed by atoms with E-state index >= 15 is 0 Å². The van der Waals surface area contributed by atoms with E-state index in [1.807, 2.05) is 6.92 Å². The Balaban J connectivity index is 1.95. The minimum Gasteiger partial charge on any atom is -0.444 e. The van der Waals surface area contributed by atoms with Gasteiger partial charge in [0.15, 0.2) is 0 Å². The lowest BCUT2D eigenvalue weighted by atomic mass is 10.0. The fourth-order valence-electron chi connectivity index (χ4n) is 2.65. The van der Waals surface area contributed by atoms with Gasteiger partial charge in [-0.2, -0.15) is 0 Å². The molecule has 0 aromatic carbocycles. The molecule has 1 aromatic rings. The summed E-state index contributed by atoms with van der Waals surface area (Å²) in [6, 6.07) is 0.868. The van der Waals surface area contributed by atoms with E-state index in [0.29, 0.717) is 6.04 Å². The second-order valence-electron chi connectivity index (χ2n) is 5.76. The Labute approximate surface area is 110 Å². The molecular weight excluding hydrogens is 226 g/mol. The minimum absolute atomic E-state index is 0.274. The third kappa shape index (κ3) is 3.33. The predicted molar refractivity (Wildman–Crippen MR) is 72.5 cm³/mol. The summed E-state index contributed by atoms with van der Waals surface area (Å²) >= 11 is 0. The molecule has 2 heterocycles. The summed E-state index contributed by atoms with van der Waals surface area (Å²) in [7, 11) is 0. The summed E-state index contributed by atoms with van der Waals surface area (Å²) in [5.41, 5.74) is 0. The van der Waals surface area contributed by atoms with Gasteiger partial charge in [-0.1, -0.05) is 13.8 Å². The Hall–Kier alpha value is -0.870.